The van der Waals surface area contributed by atoms with Crippen molar-refractivity contribution in [3.05, 3.63) is 60.2 Å². The van der Waals surface area contributed by atoms with E-state index in [1.807, 2.05) is 37.3 Å². The van der Waals surface area contributed by atoms with Gasteiger partial charge in [0.2, 0.25) is 0 Å². The second-order valence-corrected chi connectivity index (χ2v) is 6.14. The Bertz CT molecular complexity index is 673. The Kier molecular flexibility index (Phi) is 6.23. The van der Waals surface area contributed by atoms with Gasteiger partial charge in [0, 0.05) is 10.6 Å². The van der Waals surface area contributed by atoms with Crippen LogP contribution in [0.3, 0.4) is 0 Å². The Labute approximate surface area is 140 Å². The monoisotopic (exact) mass is 329 g/mol. The number of benzene rings is 2. The fourth-order valence-electron chi connectivity index (χ4n) is 1.96. The Balaban J connectivity index is 2.01. The summed E-state index contributed by atoms with van der Waals surface area (Å²) in [6.07, 6.45) is -0.873. The van der Waals surface area contributed by atoms with Gasteiger partial charge in [0.05, 0.1) is 5.56 Å². The van der Waals surface area contributed by atoms with Gasteiger partial charge in [0.1, 0.15) is 0 Å². The summed E-state index contributed by atoms with van der Waals surface area (Å²) in [5, 5.41) is 2.72. The Morgan fingerprint density at radius 2 is 1.74 bits per heavy atom. The number of hydrogen-bond donors (Lipinski definition) is 1. The van der Waals surface area contributed by atoms with Gasteiger partial charge in [-0.3, -0.25) is 4.79 Å². The van der Waals surface area contributed by atoms with Gasteiger partial charge in [-0.15, -0.1) is 11.8 Å². The first kappa shape index (κ1) is 17.1. The van der Waals surface area contributed by atoms with Gasteiger partial charge in [0.15, 0.2) is 6.10 Å². The van der Waals surface area contributed by atoms with Crippen molar-refractivity contribution in [3.8, 4) is 0 Å². The van der Waals surface area contributed by atoms with E-state index >= 15 is 0 Å². The van der Waals surface area contributed by atoms with Crippen molar-refractivity contribution in [3.63, 3.8) is 0 Å². The number of rotatable bonds is 6. The number of thioether (sulfide) groups is 1. The molecule has 0 spiro atoms. The molecule has 1 amide bonds. The molecule has 2 aromatic rings. The molecule has 1 atom stereocenters. The highest BCUT2D eigenvalue weighted by Gasteiger charge is 2.20. The lowest BCUT2D eigenvalue weighted by molar-refractivity contribution is -0.123. The van der Waals surface area contributed by atoms with Crippen LogP contribution in [0.15, 0.2) is 59.5 Å². The van der Waals surface area contributed by atoms with Crippen LogP contribution in [0.25, 0.3) is 0 Å². The van der Waals surface area contributed by atoms with Gasteiger partial charge >= 0.3 is 5.97 Å². The first-order valence-corrected chi connectivity index (χ1v) is 8.39. The van der Waals surface area contributed by atoms with E-state index < -0.39 is 12.1 Å². The lowest BCUT2D eigenvalue weighted by Gasteiger charge is -2.14. The van der Waals surface area contributed by atoms with Crippen molar-refractivity contribution >= 4 is 29.3 Å². The molecule has 0 fully saturated rings. The third-order valence-corrected chi connectivity index (χ3v) is 4.06. The zero-order chi connectivity index (χ0) is 16.7. The molecule has 0 heterocycles. The lowest BCUT2D eigenvalue weighted by Crippen LogP contribution is -2.30. The number of ether oxygens (including phenoxy) is 1. The quantitative estimate of drug-likeness (QED) is 0.643. The number of para-hydroxylation sites is 1. The average molecular weight is 329 g/mol. The summed E-state index contributed by atoms with van der Waals surface area (Å²) in [4.78, 5) is 25.2. The van der Waals surface area contributed by atoms with Crippen LogP contribution in [-0.4, -0.2) is 23.7 Å². The zero-order valence-corrected chi connectivity index (χ0v) is 13.9. The van der Waals surface area contributed by atoms with E-state index in [-0.39, 0.29) is 5.91 Å². The summed E-state index contributed by atoms with van der Waals surface area (Å²) >= 11 is 1.57. The topological polar surface area (TPSA) is 55.4 Å². The van der Waals surface area contributed by atoms with E-state index in [1.54, 1.807) is 43.0 Å². The van der Waals surface area contributed by atoms with E-state index in [4.69, 9.17) is 4.74 Å². The molecule has 1 N–H and O–H groups in total. The smallest absolute Gasteiger partial charge is 0.340 e. The minimum Gasteiger partial charge on any atom is -0.449 e. The maximum absolute atomic E-state index is 12.3. The highest BCUT2D eigenvalue weighted by molar-refractivity contribution is 7.99. The minimum absolute atomic E-state index is 0.356. The number of esters is 1. The summed E-state index contributed by atoms with van der Waals surface area (Å²) in [6, 6.07) is 16.3. The van der Waals surface area contributed by atoms with Crippen LogP contribution < -0.4 is 5.32 Å². The van der Waals surface area contributed by atoms with E-state index in [9.17, 15) is 9.59 Å². The second kappa shape index (κ2) is 8.39. The maximum Gasteiger partial charge on any atom is 0.340 e. The summed E-state index contributed by atoms with van der Waals surface area (Å²) in [5.41, 5.74) is 1.15. The predicted octanol–water partition coefficient (Wildman–Crippen LogP) is 3.98. The third-order valence-electron chi connectivity index (χ3n) is 3.10. The van der Waals surface area contributed by atoms with Gasteiger partial charge < -0.3 is 10.1 Å². The first-order valence-electron chi connectivity index (χ1n) is 7.40. The second-order valence-electron chi connectivity index (χ2n) is 4.83. The Hall–Kier alpha value is -2.27. The van der Waals surface area contributed by atoms with Crippen LogP contribution in [0, 0.1) is 0 Å². The molecule has 120 valence electrons. The normalized spacial score (nSPS) is 11.6. The van der Waals surface area contributed by atoms with Crippen LogP contribution in [0.1, 0.15) is 24.2 Å². The molecule has 0 aliphatic heterocycles. The number of carbonyl (C=O) groups is 2. The van der Waals surface area contributed by atoms with E-state index in [2.05, 4.69) is 5.32 Å². The highest BCUT2D eigenvalue weighted by Crippen LogP contribution is 2.23. The minimum atomic E-state index is -0.873. The first-order chi connectivity index (χ1) is 11.1. The molecule has 0 unspecified atom stereocenters. The van der Waals surface area contributed by atoms with Crippen molar-refractivity contribution < 1.29 is 14.3 Å². The van der Waals surface area contributed by atoms with Crippen LogP contribution in [0.4, 0.5) is 5.69 Å². The van der Waals surface area contributed by atoms with E-state index in [1.165, 1.54) is 0 Å². The van der Waals surface area contributed by atoms with Crippen molar-refractivity contribution in [2.45, 2.75) is 24.8 Å². The van der Waals surface area contributed by atoms with Crippen LogP contribution in [-0.2, 0) is 9.53 Å². The summed E-state index contributed by atoms with van der Waals surface area (Å²) < 4.78 is 5.29. The molecule has 0 bridgehead atoms. The van der Waals surface area contributed by atoms with Crippen molar-refractivity contribution in [1.82, 2.24) is 0 Å². The highest BCUT2D eigenvalue weighted by atomic mass is 32.2. The van der Waals surface area contributed by atoms with Crippen molar-refractivity contribution in [2.24, 2.45) is 0 Å². The van der Waals surface area contributed by atoms with Gasteiger partial charge in [0.25, 0.3) is 5.91 Å². The molecule has 0 saturated heterocycles. The maximum atomic E-state index is 12.3. The summed E-state index contributed by atoms with van der Waals surface area (Å²) in [6.45, 7) is 3.58. The molecule has 2 aromatic carbocycles. The van der Waals surface area contributed by atoms with Crippen LogP contribution >= 0.6 is 11.8 Å². The van der Waals surface area contributed by atoms with Gasteiger partial charge in [-0.2, -0.15) is 0 Å². The number of carbonyl (C=O) groups excluding carboxylic acids is 2. The zero-order valence-electron chi connectivity index (χ0n) is 13.1. The molecule has 0 radical (unpaired) electrons. The molecule has 23 heavy (non-hydrogen) atoms. The Morgan fingerprint density at radius 1 is 1.09 bits per heavy atom. The molecule has 0 aliphatic carbocycles. The predicted molar refractivity (Wildman–Crippen MR) is 92.8 cm³/mol. The third kappa shape index (κ3) is 4.86. The molecular formula is C18H19NO3S. The van der Waals surface area contributed by atoms with E-state index in [0.717, 1.165) is 10.6 Å². The molecular weight excluding hydrogens is 310 g/mol. The van der Waals surface area contributed by atoms with Crippen LogP contribution in [0.2, 0.25) is 0 Å². The Morgan fingerprint density at radius 3 is 2.43 bits per heavy atom. The molecule has 0 aliphatic rings. The van der Waals surface area contributed by atoms with Crippen LogP contribution in [0.5, 0.6) is 0 Å². The average Bonchev–Trinajstić information content (AvgIpc) is 2.56. The standard InChI is InChI=1S/C18H19NO3S/c1-3-23-16-12-8-7-11-15(16)18(21)22-13(2)17(20)19-14-9-5-4-6-10-14/h4-13H,3H2,1-2H3,(H,19,20)/t13-/m1/s1. The lowest BCUT2D eigenvalue weighted by atomic mass is 10.2. The summed E-state index contributed by atoms with van der Waals surface area (Å²) in [5.74, 6) is 0.0105. The molecule has 0 aromatic heterocycles. The summed E-state index contributed by atoms with van der Waals surface area (Å²) in [7, 11) is 0. The SMILES string of the molecule is CCSc1ccccc1C(=O)O[C@H](C)C(=O)Nc1ccccc1. The number of hydrogen-bond acceptors (Lipinski definition) is 4. The molecule has 2 rings (SSSR count). The van der Waals surface area contributed by atoms with Gasteiger partial charge in [-0.1, -0.05) is 37.3 Å². The molecule has 0 saturated carbocycles. The molecule has 5 heteroatoms. The van der Waals surface area contributed by atoms with Crippen molar-refractivity contribution in [1.29, 1.82) is 0 Å². The van der Waals surface area contributed by atoms with Gasteiger partial charge in [-0.25, -0.2) is 4.79 Å². The fourth-order valence-corrected chi connectivity index (χ4v) is 2.75. The number of anilines is 1. The van der Waals surface area contributed by atoms with Crippen molar-refractivity contribution in [2.75, 3.05) is 11.1 Å². The van der Waals surface area contributed by atoms with Gasteiger partial charge in [-0.05, 0) is 36.9 Å². The van der Waals surface area contributed by atoms with E-state index in [0.29, 0.717) is 11.3 Å². The number of amides is 1. The molecule has 4 nitrogen and oxygen atoms in total. The largest absolute Gasteiger partial charge is 0.449 e. The number of nitrogens with one attached hydrogen (secondary N) is 1. The fraction of sp³-hybridized carbons (Fsp3) is 0.222.